The van der Waals surface area contributed by atoms with Gasteiger partial charge in [-0.2, -0.15) is 0 Å². The smallest absolute Gasteiger partial charge is 0.0795 e. The van der Waals surface area contributed by atoms with Crippen molar-refractivity contribution in [1.29, 1.82) is 0 Å². The fourth-order valence-electron chi connectivity index (χ4n) is 1.75. The van der Waals surface area contributed by atoms with Gasteiger partial charge in [-0.3, -0.25) is 0 Å². The summed E-state index contributed by atoms with van der Waals surface area (Å²) in [7, 11) is 0. The van der Waals surface area contributed by atoms with Crippen LogP contribution >= 0.6 is 11.3 Å². The Bertz CT molecular complexity index is 416. The lowest BCUT2D eigenvalue weighted by atomic mass is 10.0. The summed E-state index contributed by atoms with van der Waals surface area (Å²) >= 11 is 1.60. The van der Waals surface area contributed by atoms with E-state index in [-0.39, 0.29) is 12.6 Å². The van der Waals surface area contributed by atoms with Crippen molar-refractivity contribution in [3.05, 3.63) is 52.5 Å². The highest BCUT2D eigenvalue weighted by Gasteiger charge is 2.10. The predicted molar refractivity (Wildman–Crippen MR) is 69.8 cm³/mol. The third-order valence-electron chi connectivity index (χ3n) is 2.63. The molecule has 1 atom stereocenters. The highest BCUT2D eigenvalue weighted by molar-refractivity contribution is 7.07. The molecule has 4 heteroatoms. The van der Waals surface area contributed by atoms with Crippen molar-refractivity contribution in [2.75, 3.05) is 6.61 Å². The molecule has 1 aromatic carbocycles. The van der Waals surface area contributed by atoms with Crippen LogP contribution in [0.1, 0.15) is 23.7 Å². The summed E-state index contributed by atoms with van der Waals surface area (Å²) in [6, 6.07) is 10.4. The number of rotatable bonds is 6. The number of nitrogens with zero attached hydrogens (tertiary/aromatic N) is 1. The molecule has 0 bridgehead atoms. The Labute approximate surface area is 105 Å². The molecule has 0 spiro atoms. The number of aromatic nitrogens is 1. The minimum Gasteiger partial charge on any atom is -0.396 e. The summed E-state index contributed by atoms with van der Waals surface area (Å²) in [6.07, 6.45) is 0.716. The van der Waals surface area contributed by atoms with Crippen molar-refractivity contribution in [1.82, 2.24) is 10.3 Å². The van der Waals surface area contributed by atoms with Crippen molar-refractivity contribution in [2.45, 2.75) is 19.0 Å². The van der Waals surface area contributed by atoms with Crippen LogP contribution in [0.5, 0.6) is 0 Å². The summed E-state index contributed by atoms with van der Waals surface area (Å²) in [4.78, 5) is 4.24. The van der Waals surface area contributed by atoms with Gasteiger partial charge in [0.25, 0.3) is 0 Å². The standard InChI is InChI=1S/C13H16N2OS/c16-7-6-13(11-4-2-1-3-5-11)14-8-12-9-17-10-15-12/h1-5,9-10,13-14,16H,6-8H2/t13-/m1/s1. The van der Waals surface area contributed by atoms with Crippen LogP contribution in [0.2, 0.25) is 0 Å². The molecule has 17 heavy (non-hydrogen) atoms. The Morgan fingerprint density at radius 3 is 2.76 bits per heavy atom. The average Bonchev–Trinajstić information content (AvgIpc) is 2.88. The van der Waals surface area contributed by atoms with E-state index in [0.29, 0.717) is 6.42 Å². The molecule has 0 saturated carbocycles. The maximum atomic E-state index is 9.10. The normalized spacial score (nSPS) is 12.5. The van der Waals surface area contributed by atoms with Crippen LogP contribution in [0.25, 0.3) is 0 Å². The molecule has 1 heterocycles. The molecule has 0 fully saturated rings. The molecule has 0 aliphatic carbocycles. The topological polar surface area (TPSA) is 45.1 Å². The van der Waals surface area contributed by atoms with E-state index in [2.05, 4.69) is 22.4 Å². The summed E-state index contributed by atoms with van der Waals surface area (Å²) < 4.78 is 0. The van der Waals surface area contributed by atoms with Crippen molar-refractivity contribution < 1.29 is 5.11 Å². The second-order valence-corrected chi connectivity index (χ2v) is 4.55. The fraction of sp³-hybridized carbons (Fsp3) is 0.308. The van der Waals surface area contributed by atoms with Gasteiger partial charge in [0.05, 0.1) is 11.2 Å². The van der Waals surface area contributed by atoms with Gasteiger partial charge in [0.15, 0.2) is 0 Å². The molecule has 0 amide bonds. The van der Waals surface area contributed by atoms with Gasteiger partial charge in [0, 0.05) is 24.6 Å². The first-order valence-corrected chi connectivity index (χ1v) is 6.60. The van der Waals surface area contributed by atoms with Gasteiger partial charge in [0.1, 0.15) is 0 Å². The first-order chi connectivity index (χ1) is 8.40. The first kappa shape index (κ1) is 12.2. The molecular formula is C13H16N2OS. The van der Waals surface area contributed by atoms with Crippen LogP contribution in [0, 0.1) is 0 Å². The Kier molecular flexibility index (Phi) is 4.67. The van der Waals surface area contributed by atoms with Gasteiger partial charge in [-0.15, -0.1) is 11.3 Å². The third-order valence-corrected chi connectivity index (χ3v) is 3.27. The molecular weight excluding hydrogens is 232 g/mol. The predicted octanol–water partition coefficient (Wildman–Crippen LogP) is 2.36. The summed E-state index contributed by atoms with van der Waals surface area (Å²) in [5.41, 5.74) is 4.09. The SMILES string of the molecule is OCC[C@@H](NCc1cscn1)c1ccccc1. The Morgan fingerprint density at radius 1 is 1.29 bits per heavy atom. The number of hydrogen-bond donors (Lipinski definition) is 2. The van der Waals surface area contributed by atoms with Gasteiger partial charge in [0.2, 0.25) is 0 Å². The van der Waals surface area contributed by atoms with Crippen LogP contribution in [-0.2, 0) is 6.54 Å². The van der Waals surface area contributed by atoms with Crippen molar-refractivity contribution in [3.63, 3.8) is 0 Å². The van der Waals surface area contributed by atoms with Gasteiger partial charge >= 0.3 is 0 Å². The van der Waals surface area contributed by atoms with Gasteiger partial charge in [-0.1, -0.05) is 30.3 Å². The lowest BCUT2D eigenvalue weighted by molar-refractivity contribution is 0.265. The lowest BCUT2D eigenvalue weighted by Crippen LogP contribution is -2.22. The first-order valence-electron chi connectivity index (χ1n) is 5.66. The number of nitrogens with one attached hydrogen (secondary N) is 1. The zero-order valence-corrected chi connectivity index (χ0v) is 10.4. The van der Waals surface area contributed by atoms with E-state index in [1.807, 2.05) is 29.1 Å². The van der Waals surface area contributed by atoms with E-state index in [9.17, 15) is 0 Å². The number of hydrogen-bond acceptors (Lipinski definition) is 4. The molecule has 0 radical (unpaired) electrons. The Balaban J connectivity index is 1.98. The lowest BCUT2D eigenvalue weighted by Gasteiger charge is -2.17. The largest absolute Gasteiger partial charge is 0.396 e. The highest BCUT2D eigenvalue weighted by atomic mass is 32.1. The number of aliphatic hydroxyl groups is 1. The van der Waals surface area contributed by atoms with Gasteiger partial charge in [-0.05, 0) is 12.0 Å². The fourth-order valence-corrected chi connectivity index (χ4v) is 2.31. The second-order valence-electron chi connectivity index (χ2n) is 3.84. The average molecular weight is 248 g/mol. The minimum atomic E-state index is 0.183. The van der Waals surface area contributed by atoms with Gasteiger partial charge < -0.3 is 10.4 Å². The van der Waals surface area contributed by atoms with E-state index >= 15 is 0 Å². The Hall–Kier alpha value is -1.23. The minimum absolute atomic E-state index is 0.183. The van der Waals surface area contributed by atoms with Crippen LogP contribution in [0.15, 0.2) is 41.2 Å². The molecule has 2 aromatic rings. The summed E-state index contributed by atoms with van der Waals surface area (Å²) in [5.74, 6) is 0. The third kappa shape index (κ3) is 3.63. The molecule has 0 unspecified atom stereocenters. The molecule has 1 aromatic heterocycles. The zero-order valence-electron chi connectivity index (χ0n) is 9.54. The zero-order chi connectivity index (χ0) is 11.9. The van der Waals surface area contributed by atoms with E-state index in [1.165, 1.54) is 5.56 Å². The number of benzene rings is 1. The van der Waals surface area contributed by atoms with E-state index < -0.39 is 0 Å². The molecule has 0 aliphatic rings. The molecule has 3 nitrogen and oxygen atoms in total. The molecule has 90 valence electrons. The molecule has 0 aliphatic heterocycles. The van der Waals surface area contributed by atoms with Crippen LogP contribution in [0.3, 0.4) is 0 Å². The maximum Gasteiger partial charge on any atom is 0.0795 e. The van der Waals surface area contributed by atoms with Crippen LogP contribution in [0.4, 0.5) is 0 Å². The van der Waals surface area contributed by atoms with Crippen molar-refractivity contribution in [2.24, 2.45) is 0 Å². The summed E-state index contributed by atoms with van der Waals surface area (Å²) in [5, 5.41) is 14.6. The van der Waals surface area contributed by atoms with Crippen molar-refractivity contribution in [3.8, 4) is 0 Å². The van der Waals surface area contributed by atoms with E-state index in [4.69, 9.17) is 5.11 Å². The van der Waals surface area contributed by atoms with Crippen molar-refractivity contribution >= 4 is 11.3 Å². The molecule has 2 rings (SSSR count). The number of aliphatic hydroxyl groups excluding tert-OH is 1. The monoisotopic (exact) mass is 248 g/mol. The van der Waals surface area contributed by atoms with Gasteiger partial charge in [-0.25, -0.2) is 4.98 Å². The quantitative estimate of drug-likeness (QED) is 0.825. The second kappa shape index (κ2) is 6.49. The Morgan fingerprint density at radius 2 is 2.12 bits per heavy atom. The molecule has 2 N–H and O–H groups in total. The van der Waals surface area contributed by atoms with Crippen LogP contribution < -0.4 is 5.32 Å². The van der Waals surface area contributed by atoms with Crippen LogP contribution in [-0.4, -0.2) is 16.7 Å². The van der Waals surface area contributed by atoms with E-state index in [0.717, 1.165) is 12.2 Å². The van der Waals surface area contributed by atoms with E-state index in [1.54, 1.807) is 11.3 Å². The molecule has 0 saturated heterocycles. The summed E-state index contributed by atoms with van der Waals surface area (Å²) in [6.45, 7) is 0.923. The number of thiazole rings is 1. The maximum absolute atomic E-state index is 9.10. The highest BCUT2D eigenvalue weighted by Crippen LogP contribution is 2.16.